The molecule has 0 aromatic heterocycles. The molecule has 1 aromatic rings. The van der Waals surface area contributed by atoms with Crippen molar-refractivity contribution in [2.24, 2.45) is 5.92 Å². The first-order valence-corrected chi connectivity index (χ1v) is 5.95. The minimum Gasteiger partial charge on any atom is -0.478 e. The molecule has 0 bridgehead atoms. The van der Waals surface area contributed by atoms with Crippen molar-refractivity contribution in [3.63, 3.8) is 0 Å². The molecular formula is C11H12BrNO5. The number of rotatable bonds is 5. The first-order valence-electron chi connectivity index (χ1n) is 5.15. The van der Waals surface area contributed by atoms with Crippen LogP contribution in [0.1, 0.15) is 13.8 Å². The van der Waals surface area contributed by atoms with E-state index >= 15 is 0 Å². The van der Waals surface area contributed by atoms with Crippen LogP contribution in [0.25, 0.3) is 0 Å². The van der Waals surface area contributed by atoms with Crippen molar-refractivity contribution in [2.75, 3.05) is 0 Å². The Morgan fingerprint density at radius 1 is 1.44 bits per heavy atom. The fourth-order valence-electron chi connectivity index (χ4n) is 1.34. The number of halogens is 1. The molecule has 0 saturated heterocycles. The first kappa shape index (κ1) is 14.4. The molecule has 1 unspecified atom stereocenters. The molecule has 6 nitrogen and oxygen atoms in total. The molecule has 0 aliphatic carbocycles. The number of nitrogens with zero attached hydrogens (tertiary/aromatic N) is 1. The van der Waals surface area contributed by atoms with Crippen LogP contribution in [-0.4, -0.2) is 22.1 Å². The largest absolute Gasteiger partial charge is 0.478 e. The normalized spacial score (nSPS) is 12.2. The van der Waals surface area contributed by atoms with Crippen LogP contribution < -0.4 is 4.74 Å². The number of nitro groups is 1. The second-order valence-corrected chi connectivity index (χ2v) is 4.94. The highest BCUT2D eigenvalue weighted by molar-refractivity contribution is 9.10. The van der Waals surface area contributed by atoms with E-state index in [0.717, 1.165) is 0 Å². The molecular weight excluding hydrogens is 306 g/mol. The summed E-state index contributed by atoms with van der Waals surface area (Å²) in [6, 6.07) is 4.01. The van der Waals surface area contributed by atoms with E-state index in [-0.39, 0.29) is 17.4 Å². The first-order chi connectivity index (χ1) is 8.31. The van der Waals surface area contributed by atoms with Gasteiger partial charge in [-0.1, -0.05) is 29.8 Å². The van der Waals surface area contributed by atoms with E-state index < -0.39 is 17.0 Å². The van der Waals surface area contributed by atoms with Crippen molar-refractivity contribution in [1.29, 1.82) is 0 Å². The molecule has 7 heteroatoms. The van der Waals surface area contributed by atoms with E-state index in [1.54, 1.807) is 13.8 Å². The van der Waals surface area contributed by atoms with Gasteiger partial charge in [0.25, 0.3) is 5.69 Å². The number of ether oxygens (including phenoxy) is 1. The summed E-state index contributed by atoms with van der Waals surface area (Å²) in [7, 11) is 0. The van der Waals surface area contributed by atoms with Gasteiger partial charge in [-0.2, -0.15) is 0 Å². The molecule has 18 heavy (non-hydrogen) atoms. The molecule has 0 aliphatic heterocycles. The Bertz CT molecular complexity index is 475. The molecule has 0 spiro atoms. The second kappa shape index (κ2) is 5.81. The van der Waals surface area contributed by atoms with E-state index in [0.29, 0.717) is 4.47 Å². The Balaban J connectivity index is 3.03. The molecule has 1 N–H and O–H groups in total. The van der Waals surface area contributed by atoms with Gasteiger partial charge in [-0.25, -0.2) is 4.79 Å². The monoisotopic (exact) mass is 317 g/mol. The van der Waals surface area contributed by atoms with Gasteiger partial charge in [0.2, 0.25) is 0 Å². The maximum atomic E-state index is 11.0. The predicted octanol–water partition coefficient (Wildman–Crippen LogP) is 2.85. The third-order valence-corrected chi connectivity index (χ3v) is 2.64. The number of aliphatic carboxylic acids is 1. The smallest absolute Gasteiger partial charge is 0.345 e. The summed E-state index contributed by atoms with van der Waals surface area (Å²) in [4.78, 5) is 21.1. The lowest BCUT2D eigenvalue weighted by molar-refractivity contribution is -0.385. The molecule has 98 valence electrons. The van der Waals surface area contributed by atoms with Gasteiger partial charge in [-0.05, 0) is 6.07 Å². The van der Waals surface area contributed by atoms with Crippen LogP contribution in [0.2, 0.25) is 0 Å². The van der Waals surface area contributed by atoms with Crippen molar-refractivity contribution < 1.29 is 19.6 Å². The molecule has 0 radical (unpaired) electrons. The lowest BCUT2D eigenvalue weighted by Gasteiger charge is -2.18. The SMILES string of the molecule is CC(C)C(Oc1cc(Br)cc([N+](=O)[O-])c1)C(=O)O. The molecule has 0 amide bonds. The van der Waals surface area contributed by atoms with Crippen LogP contribution in [0.4, 0.5) is 5.69 Å². The van der Waals surface area contributed by atoms with Crippen molar-refractivity contribution in [3.05, 3.63) is 32.8 Å². The van der Waals surface area contributed by atoms with E-state index in [9.17, 15) is 14.9 Å². The number of carboxylic acids is 1. The minimum absolute atomic E-state index is 0.150. The van der Waals surface area contributed by atoms with Gasteiger partial charge in [-0.15, -0.1) is 0 Å². The zero-order valence-corrected chi connectivity index (χ0v) is 11.4. The molecule has 0 fully saturated rings. The average Bonchev–Trinajstić information content (AvgIpc) is 2.24. The molecule has 0 heterocycles. The van der Waals surface area contributed by atoms with Crippen molar-refractivity contribution >= 4 is 27.6 Å². The van der Waals surface area contributed by atoms with Gasteiger partial charge < -0.3 is 9.84 Å². The standard InChI is InChI=1S/C11H12BrNO5/c1-6(2)10(11(14)15)18-9-4-7(12)3-8(5-9)13(16)17/h3-6,10H,1-2H3,(H,14,15). The molecule has 1 rings (SSSR count). The van der Waals surface area contributed by atoms with Crippen LogP contribution in [0.5, 0.6) is 5.75 Å². The van der Waals surface area contributed by atoms with E-state index in [1.165, 1.54) is 18.2 Å². The molecule has 0 aliphatic rings. The van der Waals surface area contributed by atoms with Gasteiger partial charge in [-0.3, -0.25) is 10.1 Å². The summed E-state index contributed by atoms with van der Waals surface area (Å²) in [6.45, 7) is 3.40. The highest BCUT2D eigenvalue weighted by atomic mass is 79.9. The lowest BCUT2D eigenvalue weighted by atomic mass is 10.1. The van der Waals surface area contributed by atoms with Gasteiger partial charge >= 0.3 is 5.97 Å². The van der Waals surface area contributed by atoms with Crippen LogP contribution in [0.15, 0.2) is 22.7 Å². The summed E-state index contributed by atoms with van der Waals surface area (Å²) >= 11 is 3.11. The molecule has 1 atom stereocenters. The number of carbonyl (C=O) groups is 1. The number of non-ortho nitro benzene ring substituents is 1. The van der Waals surface area contributed by atoms with Gasteiger partial charge in [0.05, 0.1) is 11.0 Å². The Morgan fingerprint density at radius 3 is 2.50 bits per heavy atom. The zero-order chi connectivity index (χ0) is 13.9. The molecule has 0 saturated carbocycles. The maximum absolute atomic E-state index is 11.0. The van der Waals surface area contributed by atoms with E-state index in [2.05, 4.69) is 15.9 Å². The number of hydrogen-bond acceptors (Lipinski definition) is 4. The number of carboxylic acid groups (broad SMARTS) is 1. The molecule has 1 aromatic carbocycles. The summed E-state index contributed by atoms with van der Waals surface area (Å²) in [5.74, 6) is -1.20. The highest BCUT2D eigenvalue weighted by Crippen LogP contribution is 2.27. The Kier molecular flexibility index (Phi) is 4.66. The van der Waals surface area contributed by atoms with Gasteiger partial charge in [0, 0.05) is 16.5 Å². The second-order valence-electron chi connectivity index (χ2n) is 4.02. The van der Waals surface area contributed by atoms with Crippen LogP contribution in [0, 0.1) is 16.0 Å². The number of hydrogen-bond donors (Lipinski definition) is 1. The van der Waals surface area contributed by atoms with Gasteiger partial charge in [0.15, 0.2) is 6.10 Å². The van der Waals surface area contributed by atoms with Gasteiger partial charge in [0.1, 0.15) is 5.75 Å². The topological polar surface area (TPSA) is 89.7 Å². The minimum atomic E-state index is -1.10. The maximum Gasteiger partial charge on any atom is 0.345 e. The zero-order valence-electron chi connectivity index (χ0n) is 9.79. The Morgan fingerprint density at radius 2 is 2.06 bits per heavy atom. The summed E-state index contributed by atoms with van der Waals surface area (Å²) in [5.41, 5.74) is -0.160. The quantitative estimate of drug-likeness (QED) is 0.666. The predicted molar refractivity (Wildman–Crippen MR) is 67.7 cm³/mol. The van der Waals surface area contributed by atoms with Crippen LogP contribution in [0.3, 0.4) is 0 Å². The highest BCUT2D eigenvalue weighted by Gasteiger charge is 2.24. The van der Waals surface area contributed by atoms with E-state index in [4.69, 9.17) is 9.84 Å². The fraction of sp³-hybridized carbons (Fsp3) is 0.364. The van der Waals surface area contributed by atoms with Crippen molar-refractivity contribution in [2.45, 2.75) is 20.0 Å². The number of nitro benzene ring substituents is 1. The average molecular weight is 318 g/mol. The van der Waals surface area contributed by atoms with Crippen LogP contribution in [-0.2, 0) is 4.79 Å². The fourth-order valence-corrected chi connectivity index (χ4v) is 1.80. The Hall–Kier alpha value is -1.63. The Labute approximate surface area is 112 Å². The third-order valence-electron chi connectivity index (χ3n) is 2.18. The third kappa shape index (κ3) is 3.69. The van der Waals surface area contributed by atoms with Crippen molar-refractivity contribution in [3.8, 4) is 5.75 Å². The van der Waals surface area contributed by atoms with Crippen LogP contribution >= 0.6 is 15.9 Å². The van der Waals surface area contributed by atoms with E-state index in [1.807, 2.05) is 0 Å². The van der Waals surface area contributed by atoms with Crippen molar-refractivity contribution in [1.82, 2.24) is 0 Å². The number of benzene rings is 1. The summed E-state index contributed by atoms with van der Waals surface area (Å²) < 4.78 is 5.73. The summed E-state index contributed by atoms with van der Waals surface area (Å²) in [6.07, 6.45) is -1.04. The lowest BCUT2D eigenvalue weighted by Crippen LogP contribution is -2.32. The summed E-state index contributed by atoms with van der Waals surface area (Å²) in [5, 5.41) is 19.7.